The minimum atomic E-state index is -4.83. The number of hydrogen-bond acceptors (Lipinski definition) is 5. The molecule has 0 amide bonds. The van der Waals surface area contributed by atoms with Gasteiger partial charge in [0.05, 0.1) is 27.0 Å². The normalized spacial score (nSPS) is 18.8. The second-order valence-electron chi connectivity index (χ2n) is 8.52. The lowest BCUT2D eigenvalue weighted by atomic mass is 9.86. The molecule has 1 aliphatic rings. The van der Waals surface area contributed by atoms with E-state index in [1.54, 1.807) is 33.8 Å². The van der Waals surface area contributed by atoms with Gasteiger partial charge in [0.2, 0.25) is 0 Å². The van der Waals surface area contributed by atoms with Gasteiger partial charge in [-0.3, -0.25) is 0 Å². The number of oxime groups is 1. The molecule has 0 radical (unpaired) electrons. The molecule has 2 aromatic rings. The molecule has 0 aromatic heterocycles. The van der Waals surface area contributed by atoms with Gasteiger partial charge in [0.1, 0.15) is 5.60 Å². The fraction of sp³-hybridized carbons (Fsp3) is 0.364. The van der Waals surface area contributed by atoms with E-state index in [0.717, 1.165) is 12.1 Å². The number of nitrogens with zero attached hydrogens (tertiary/aromatic N) is 1. The van der Waals surface area contributed by atoms with Crippen LogP contribution in [0.3, 0.4) is 0 Å². The maximum Gasteiger partial charge on any atom is 0.435 e. The van der Waals surface area contributed by atoms with E-state index in [-0.39, 0.29) is 27.0 Å². The Morgan fingerprint density at radius 3 is 2.25 bits per heavy atom. The first-order valence-electron chi connectivity index (χ1n) is 9.56. The first kappa shape index (κ1) is 24.2. The molecule has 5 nitrogen and oxygen atoms in total. The molecular weight excluding hydrogens is 468 g/mol. The van der Waals surface area contributed by atoms with Crippen LogP contribution in [0.15, 0.2) is 35.5 Å². The highest BCUT2D eigenvalue weighted by Crippen LogP contribution is 2.50. The Labute approximate surface area is 193 Å². The SMILES string of the molecule is Cc1cc(C2=NOC(c3cc(Cl)c(N)c(Cl)c3)(C(F)(F)F)C2)ccc1C(=O)OC(C)(C)C. The zero-order valence-corrected chi connectivity index (χ0v) is 19.2. The smallest absolute Gasteiger partial charge is 0.435 e. The number of ether oxygens (including phenoxy) is 1. The van der Waals surface area contributed by atoms with Crippen LogP contribution in [0.4, 0.5) is 18.9 Å². The zero-order chi connectivity index (χ0) is 24.1. The van der Waals surface area contributed by atoms with Gasteiger partial charge in [-0.2, -0.15) is 13.2 Å². The van der Waals surface area contributed by atoms with Crippen molar-refractivity contribution < 1.29 is 27.5 Å². The topological polar surface area (TPSA) is 73.9 Å². The van der Waals surface area contributed by atoms with Crippen molar-refractivity contribution in [1.29, 1.82) is 0 Å². The van der Waals surface area contributed by atoms with E-state index in [1.807, 2.05) is 0 Å². The molecule has 0 saturated heterocycles. The number of rotatable bonds is 3. The van der Waals surface area contributed by atoms with E-state index in [0.29, 0.717) is 16.7 Å². The van der Waals surface area contributed by atoms with Crippen molar-refractivity contribution in [1.82, 2.24) is 0 Å². The number of nitrogens with two attached hydrogens (primary N) is 1. The van der Waals surface area contributed by atoms with Gasteiger partial charge in [0.25, 0.3) is 5.60 Å². The van der Waals surface area contributed by atoms with Crippen molar-refractivity contribution in [2.45, 2.75) is 51.5 Å². The van der Waals surface area contributed by atoms with Crippen molar-refractivity contribution in [3.63, 3.8) is 0 Å². The van der Waals surface area contributed by atoms with Gasteiger partial charge in [-0.25, -0.2) is 4.79 Å². The first-order valence-corrected chi connectivity index (χ1v) is 10.3. The second kappa shape index (κ2) is 8.15. The van der Waals surface area contributed by atoms with E-state index in [9.17, 15) is 18.0 Å². The summed E-state index contributed by atoms with van der Waals surface area (Å²) in [6.45, 7) is 6.89. The summed E-state index contributed by atoms with van der Waals surface area (Å²) in [5.74, 6) is -0.526. The molecule has 1 atom stereocenters. The summed E-state index contributed by atoms with van der Waals surface area (Å²) in [5, 5.41) is 3.48. The number of aryl methyl sites for hydroxylation is 1. The van der Waals surface area contributed by atoms with Crippen LogP contribution in [0.2, 0.25) is 10.0 Å². The molecule has 1 heterocycles. The van der Waals surface area contributed by atoms with E-state index in [4.69, 9.17) is 38.5 Å². The predicted octanol–water partition coefficient (Wildman–Crippen LogP) is 6.42. The van der Waals surface area contributed by atoms with Gasteiger partial charge in [0.15, 0.2) is 0 Å². The lowest BCUT2D eigenvalue weighted by Gasteiger charge is -2.30. The van der Waals surface area contributed by atoms with Crippen molar-refractivity contribution in [3.8, 4) is 0 Å². The Balaban J connectivity index is 1.96. The minimum Gasteiger partial charge on any atom is -0.456 e. The number of anilines is 1. The van der Waals surface area contributed by atoms with Crippen LogP contribution in [0.1, 0.15) is 54.2 Å². The van der Waals surface area contributed by atoms with Crippen LogP contribution in [0.25, 0.3) is 0 Å². The predicted molar refractivity (Wildman–Crippen MR) is 117 cm³/mol. The van der Waals surface area contributed by atoms with E-state index < -0.39 is 29.8 Å². The number of hydrogen-bond donors (Lipinski definition) is 1. The fourth-order valence-corrected chi connectivity index (χ4v) is 3.77. The van der Waals surface area contributed by atoms with E-state index in [1.165, 1.54) is 12.1 Å². The summed E-state index contributed by atoms with van der Waals surface area (Å²) < 4.78 is 47.9. The number of carbonyl (C=O) groups is 1. The molecule has 1 aliphatic heterocycles. The van der Waals surface area contributed by atoms with Crippen LogP contribution in [0, 0.1) is 6.92 Å². The van der Waals surface area contributed by atoms with Crippen molar-refractivity contribution >= 4 is 40.6 Å². The molecule has 2 aromatic carbocycles. The second-order valence-corrected chi connectivity index (χ2v) is 9.33. The van der Waals surface area contributed by atoms with Gasteiger partial charge < -0.3 is 15.3 Å². The highest BCUT2D eigenvalue weighted by atomic mass is 35.5. The van der Waals surface area contributed by atoms with E-state index in [2.05, 4.69) is 5.16 Å². The van der Waals surface area contributed by atoms with Crippen LogP contribution in [-0.4, -0.2) is 23.5 Å². The van der Waals surface area contributed by atoms with Gasteiger partial charge in [-0.1, -0.05) is 34.4 Å². The maximum atomic E-state index is 14.2. The summed E-state index contributed by atoms with van der Waals surface area (Å²) in [6, 6.07) is 6.71. The Hall–Kier alpha value is -2.45. The van der Waals surface area contributed by atoms with Gasteiger partial charge >= 0.3 is 12.1 Å². The molecule has 0 fully saturated rings. The van der Waals surface area contributed by atoms with Crippen molar-refractivity contribution in [2.75, 3.05) is 5.73 Å². The molecule has 32 heavy (non-hydrogen) atoms. The largest absolute Gasteiger partial charge is 0.456 e. The third-order valence-electron chi connectivity index (χ3n) is 4.91. The molecule has 0 saturated carbocycles. The molecule has 1 unspecified atom stereocenters. The van der Waals surface area contributed by atoms with E-state index >= 15 is 0 Å². The molecule has 2 N–H and O–H groups in total. The van der Waals surface area contributed by atoms with Crippen molar-refractivity contribution in [2.24, 2.45) is 5.16 Å². The Morgan fingerprint density at radius 1 is 1.16 bits per heavy atom. The molecule has 172 valence electrons. The van der Waals surface area contributed by atoms with Crippen LogP contribution < -0.4 is 5.73 Å². The summed E-state index contributed by atoms with van der Waals surface area (Å²) in [4.78, 5) is 17.4. The zero-order valence-electron chi connectivity index (χ0n) is 17.7. The lowest BCUT2D eigenvalue weighted by Crippen LogP contribution is -2.42. The minimum absolute atomic E-state index is 0.0260. The molecule has 3 rings (SSSR count). The maximum absolute atomic E-state index is 14.2. The average molecular weight is 489 g/mol. The molecule has 0 aliphatic carbocycles. The molecule has 10 heteroatoms. The number of alkyl halides is 3. The summed E-state index contributed by atoms with van der Waals surface area (Å²) in [5.41, 5.74) is 3.15. The van der Waals surface area contributed by atoms with Gasteiger partial charge in [-0.05, 0) is 63.1 Å². The van der Waals surface area contributed by atoms with Crippen LogP contribution >= 0.6 is 23.2 Å². The number of nitrogen functional groups attached to an aromatic ring is 1. The number of carbonyl (C=O) groups excluding carboxylic acids is 1. The fourth-order valence-electron chi connectivity index (χ4n) is 3.28. The number of halogens is 5. The molecule has 0 bridgehead atoms. The Kier molecular flexibility index (Phi) is 6.17. The number of esters is 1. The van der Waals surface area contributed by atoms with Crippen LogP contribution in [-0.2, 0) is 15.2 Å². The molecular formula is C22H21Cl2F3N2O3. The third kappa shape index (κ3) is 4.52. The molecule has 0 spiro atoms. The first-order chi connectivity index (χ1) is 14.6. The Morgan fingerprint density at radius 2 is 1.75 bits per heavy atom. The quantitative estimate of drug-likeness (QED) is 0.399. The van der Waals surface area contributed by atoms with Gasteiger partial charge in [0, 0.05) is 12.0 Å². The monoisotopic (exact) mass is 488 g/mol. The van der Waals surface area contributed by atoms with Gasteiger partial charge in [-0.15, -0.1) is 0 Å². The highest BCUT2D eigenvalue weighted by Gasteiger charge is 2.62. The Bertz CT molecular complexity index is 1090. The number of benzene rings is 2. The summed E-state index contributed by atoms with van der Waals surface area (Å²) in [7, 11) is 0. The van der Waals surface area contributed by atoms with Crippen molar-refractivity contribution in [3.05, 3.63) is 62.6 Å². The van der Waals surface area contributed by atoms with Crippen LogP contribution in [0.5, 0.6) is 0 Å². The standard InChI is InChI=1S/C22H21Cl2F3N2O3/c1-11-7-12(5-6-14(11)19(30)31-20(2,3)4)17-10-21(32-29-17,22(25,26)27)13-8-15(23)18(28)16(24)9-13/h5-9H,10,28H2,1-4H3. The average Bonchev–Trinajstić information content (AvgIpc) is 3.11. The lowest BCUT2D eigenvalue weighted by molar-refractivity contribution is -0.275. The third-order valence-corrected chi connectivity index (χ3v) is 5.54. The summed E-state index contributed by atoms with van der Waals surface area (Å²) in [6.07, 6.45) is -5.44. The highest BCUT2D eigenvalue weighted by molar-refractivity contribution is 6.38. The summed E-state index contributed by atoms with van der Waals surface area (Å²) >= 11 is 11.9.